The van der Waals surface area contributed by atoms with Crippen molar-refractivity contribution in [3.63, 3.8) is 0 Å². The zero-order valence-electron chi connectivity index (χ0n) is 11.8. The average Bonchev–Trinajstić information content (AvgIpc) is 2.30. The minimum atomic E-state index is 0.208. The number of anilines is 1. The summed E-state index contributed by atoms with van der Waals surface area (Å²) in [5.74, 6) is 0.994. The Morgan fingerprint density at radius 3 is 2.39 bits per heavy atom. The average molecular weight is 248 g/mol. The molecule has 0 aliphatic carbocycles. The zero-order chi connectivity index (χ0) is 13.1. The maximum absolute atomic E-state index is 5.93. The molecule has 18 heavy (non-hydrogen) atoms. The standard InChI is InChI=1S/C15H24N2O/c1-11(2)18-15-8-6-5-7-14(15)17-12(3)9-16-10-13(17)4/h5-8,11-13,16H,9-10H2,1-4H3. The molecule has 0 bridgehead atoms. The lowest BCUT2D eigenvalue weighted by Crippen LogP contribution is -2.55. The zero-order valence-corrected chi connectivity index (χ0v) is 11.8. The van der Waals surface area contributed by atoms with Crippen molar-refractivity contribution < 1.29 is 4.74 Å². The molecule has 0 radical (unpaired) electrons. The van der Waals surface area contributed by atoms with Crippen molar-refractivity contribution in [2.75, 3.05) is 18.0 Å². The summed E-state index contributed by atoms with van der Waals surface area (Å²) in [6, 6.07) is 9.34. The third-order valence-electron chi connectivity index (χ3n) is 3.34. The second-order valence-electron chi connectivity index (χ2n) is 5.40. The molecule has 1 N–H and O–H groups in total. The highest BCUT2D eigenvalue weighted by Crippen LogP contribution is 2.32. The molecule has 3 nitrogen and oxygen atoms in total. The van der Waals surface area contributed by atoms with Crippen LogP contribution in [0.25, 0.3) is 0 Å². The number of nitrogens with one attached hydrogen (secondary N) is 1. The van der Waals surface area contributed by atoms with E-state index in [1.54, 1.807) is 0 Å². The predicted octanol–water partition coefficient (Wildman–Crippen LogP) is 2.66. The van der Waals surface area contributed by atoms with Gasteiger partial charge in [0.05, 0.1) is 11.8 Å². The van der Waals surface area contributed by atoms with Gasteiger partial charge in [0.25, 0.3) is 0 Å². The first-order valence-corrected chi connectivity index (χ1v) is 6.84. The van der Waals surface area contributed by atoms with Gasteiger partial charge in [0.15, 0.2) is 0 Å². The van der Waals surface area contributed by atoms with E-state index in [4.69, 9.17) is 4.74 Å². The Morgan fingerprint density at radius 2 is 1.78 bits per heavy atom. The van der Waals surface area contributed by atoms with Crippen LogP contribution < -0.4 is 15.0 Å². The lowest BCUT2D eigenvalue weighted by molar-refractivity contribution is 0.241. The Hall–Kier alpha value is -1.22. The molecule has 1 saturated heterocycles. The first-order chi connectivity index (χ1) is 8.59. The number of para-hydroxylation sites is 2. The molecule has 1 aromatic carbocycles. The Morgan fingerprint density at radius 1 is 1.17 bits per heavy atom. The molecule has 1 heterocycles. The van der Waals surface area contributed by atoms with Crippen molar-refractivity contribution in [2.24, 2.45) is 0 Å². The van der Waals surface area contributed by atoms with Crippen LogP contribution in [0.2, 0.25) is 0 Å². The third kappa shape index (κ3) is 2.78. The number of piperazine rings is 1. The van der Waals surface area contributed by atoms with Gasteiger partial charge >= 0.3 is 0 Å². The number of ether oxygens (including phenoxy) is 1. The van der Waals surface area contributed by atoms with E-state index in [2.05, 4.69) is 56.1 Å². The number of hydrogen-bond donors (Lipinski definition) is 1. The summed E-state index contributed by atoms with van der Waals surface area (Å²) < 4.78 is 5.93. The van der Waals surface area contributed by atoms with Crippen LogP contribution in [0.4, 0.5) is 5.69 Å². The van der Waals surface area contributed by atoms with Crippen LogP contribution in [0.15, 0.2) is 24.3 Å². The number of hydrogen-bond acceptors (Lipinski definition) is 3. The Balaban J connectivity index is 2.30. The van der Waals surface area contributed by atoms with Gasteiger partial charge in [-0.1, -0.05) is 12.1 Å². The quantitative estimate of drug-likeness (QED) is 0.890. The van der Waals surface area contributed by atoms with Crippen LogP contribution in [-0.2, 0) is 0 Å². The van der Waals surface area contributed by atoms with E-state index in [0.29, 0.717) is 12.1 Å². The number of rotatable bonds is 3. The summed E-state index contributed by atoms with van der Waals surface area (Å²) in [5.41, 5.74) is 1.22. The predicted molar refractivity (Wildman–Crippen MR) is 76.5 cm³/mol. The van der Waals surface area contributed by atoms with Crippen LogP contribution in [-0.4, -0.2) is 31.3 Å². The molecule has 1 aromatic rings. The molecule has 1 fully saturated rings. The highest BCUT2D eigenvalue weighted by Gasteiger charge is 2.26. The molecule has 0 aromatic heterocycles. The summed E-state index contributed by atoms with van der Waals surface area (Å²) >= 11 is 0. The maximum atomic E-state index is 5.93. The van der Waals surface area contributed by atoms with Gasteiger partial charge < -0.3 is 15.0 Å². The van der Waals surface area contributed by atoms with Crippen molar-refractivity contribution in [3.05, 3.63) is 24.3 Å². The van der Waals surface area contributed by atoms with Crippen LogP contribution in [0.1, 0.15) is 27.7 Å². The largest absolute Gasteiger partial charge is 0.489 e. The van der Waals surface area contributed by atoms with Gasteiger partial charge in [0.1, 0.15) is 5.75 Å². The van der Waals surface area contributed by atoms with Gasteiger partial charge in [-0.15, -0.1) is 0 Å². The minimum Gasteiger partial charge on any atom is -0.489 e. The summed E-state index contributed by atoms with van der Waals surface area (Å²) in [4.78, 5) is 2.47. The van der Waals surface area contributed by atoms with Crippen LogP contribution in [0.3, 0.4) is 0 Å². The van der Waals surface area contributed by atoms with E-state index in [1.165, 1.54) is 5.69 Å². The van der Waals surface area contributed by atoms with Crippen LogP contribution in [0.5, 0.6) is 5.75 Å². The second-order valence-corrected chi connectivity index (χ2v) is 5.40. The van der Waals surface area contributed by atoms with Gasteiger partial charge in [0, 0.05) is 25.2 Å². The van der Waals surface area contributed by atoms with Crippen LogP contribution in [0, 0.1) is 0 Å². The van der Waals surface area contributed by atoms with E-state index in [9.17, 15) is 0 Å². The monoisotopic (exact) mass is 248 g/mol. The van der Waals surface area contributed by atoms with E-state index in [-0.39, 0.29) is 6.10 Å². The summed E-state index contributed by atoms with van der Waals surface area (Å²) in [6.45, 7) is 10.7. The fraction of sp³-hybridized carbons (Fsp3) is 0.600. The fourth-order valence-corrected chi connectivity index (χ4v) is 2.63. The normalized spacial score (nSPS) is 24.4. The molecule has 1 aliphatic rings. The van der Waals surface area contributed by atoms with Gasteiger partial charge in [-0.3, -0.25) is 0 Å². The summed E-state index contributed by atoms with van der Waals surface area (Å²) in [7, 11) is 0. The van der Waals surface area contributed by atoms with E-state index in [1.807, 2.05) is 6.07 Å². The molecule has 2 atom stereocenters. The van der Waals surface area contributed by atoms with Crippen molar-refractivity contribution in [1.82, 2.24) is 5.32 Å². The van der Waals surface area contributed by atoms with Crippen molar-refractivity contribution >= 4 is 5.69 Å². The molecule has 0 saturated carbocycles. The molecule has 0 amide bonds. The van der Waals surface area contributed by atoms with Gasteiger partial charge in [-0.25, -0.2) is 0 Å². The number of nitrogens with zero attached hydrogens (tertiary/aromatic N) is 1. The Bertz CT molecular complexity index is 382. The molecular formula is C15H24N2O. The first-order valence-electron chi connectivity index (χ1n) is 6.84. The van der Waals surface area contributed by atoms with Gasteiger partial charge in [0.2, 0.25) is 0 Å². The van der Waals surface area contributed by atoms with E-state index in [0.717, 1.165) is 18.8 Å². The lowest BCUT2D eigenvalue weighted by atomic mass is 10.1. The Labute approximate surface area is 110 Å². The maximum Gasteiger partial charge on any atom is 0.142 e. The molecule has 2 unspecified atom stereocenters. The minimum absolute atomic E-state index is 0.208. The molecule has 3 heteroatoms. The van der Waals surface area contributed by atoms with E-state index >= 15 is 0 Å². The van der Waals surface area contributed by atoms with Crippen LogP contribution >= 0.6 is 0 Å². The lowest BCUT2D eigenvalue weighted by Gasteiger charge is -2.42. The van der Waals surface area contributed by atoms with Gasteiger partial charge in [-0.2, -0.15) is 0 Å². The summed E-state index contributed by atoms with van der Waals surface area (Å²) in [5, 5.41) is 3.46. The molecule has 0 spiro atoms. The molecular weight excluding hydrogens is 224 g/mol. The highest BCUT2D eigenvalue weighted by atomic mass is 16.5. The number of benzene rings is 1. The first kappa shape index (κ1) is 13.2. The SMILES string of the molecule is CC(C)Oc1ccccc1N1C(C)CNCC1C. The van der Waals surface area contributed by atoms with Crippen molar-refractivity contribution in [1.29, 1.82) is 0 Å². The summed E-state index contributed by atoms with van der Waals surface area (Å²) in [6.07, 6.45) is 0.208. The third-order valence-corrected chi connectivity index (χ3v) is 3.34. The smallest absolute Gasteiger partial charge is 0.142 e. The van der Waals surface area contributed by atoms with E-state index < -0.39 is 0 Å². The topological polar surface area (TPSA) is 24.5 Å². The fourth-order valence-electron chi connectivity index (χ4n) is 2.63. The molecule has 2 rings (SSSR count). The molecule has 1 aliphatic heterocycles. The molecule has 100 valence electrons. The second kappa shape index (κ2) is 5.61. The highest BCUT2D eigenvalue weighted by molar-refractivity contribution is 5.60. The van der Waals surface area contributed by atoms with Crippen molar-refractivity contribution in [3.8, 4) is 5.75 Å². The Kier molecular flexibility index (Phi) is 4.12. The van der Waals surface area contributed by atoms with Gasteiger partial charge in [-0.05, 0) is 39.8 Å². The van der Waals surface area contributed by atoms with Crippen molar-refractivity contribution in [2.45, 2.75) is 45.9 Å².